The molecule has 1 atom stereocenters. The van der Waals surface area contributed by atoms with E-state index in [2.05, 4.69) is 24.4 Å². The summed E-state index contributed by atoms with van der Waals surface area (Å²) in [5.41, 5.74) is 8.66. The lowest BCUT2D eigenvalue weighted by Gasteiger charge is -1.98. The minimum Gasteiger partial charge on any atom is -0.324 e. The summed E-state index contributed by atoms with van der Waals surface area (Å²) in [4.78, 5) is 1.41. The van der Waals surface area contributed by atoms with Crippen molar-refractivity contribution in [1.82, 2.24) is 0 Å². The summed E-state index contributed by atoms with van der Waals surface area (Å²) in [6, 6.07) is 2.49. The van der Waals surface area contributed by atoms with Gasteiger partial charge in [0.15, 0.2) is 0 Å². The molecule has 2 N–H and O–H groups in total. The largest absolute Gasteiger partial charge is 0.324 e. The van der Waals surface area contributed by atoms with Gasteiger partial charge in [0.2, 0.25) is 0 Å². The molecule has 1 heterocycles. The van der Waals surface area contributed by atoms with Crippen LogP contribution in [0.5, 0.6) is 0 Å². The van der Waals surface area contributed by atoms with Gasteiger partial charge in [-0.2, -0.15) is 0 Å². The van der Waals surface area contributed by atoms with Gasteiger partial charge < -0.3 is 5.73 Å². The first-order valence-electron chi connectivity index (χ1n) is 4.28. The van der Waals surface area contributed by atoms with Crippen molar-refractivity contribution in [3.05, 3.63) is 28.0 Å². The Morgan fingerprint density at radius 1 is 1.58 bits per heavy atom. The second-order valence-corrected chi connectivity index (χ2v) is 4.41. The van der Waals surface area contributed by atoms with Gasteiger partial charge in [-0.1, -0.05) is 6.08 Å². The van der Waals surface area contributed by atoms with Crippen molar-refractivity contribution >= 4 is 16.9 Å². The molecule has 2 rings (SSSR count). The first-order valence-corrected chi connectivity index (χ1v) is 5.16. The van der Waals surface area contributed by atoms with Gasteiger partial charge >= 0.3 is 0 Å². The predicted octanol–water partition coefficient (Wildman–Crippen LogP) is 2.56. The van der Waals surface area contributed by atoms with Crippen molar-refractivity contribution in [3.63, 3.8) is 0 Å². The number of allylic oxidation sites excluding steroid dienone is 1. The Morgan fingerprint density at radius 2 is 2.42 bits per heavy atom. The Kier molecular flexibility index (Phi) is 2.03. The van der Waals surface area contributed by atoms with E-state index < -0.39 is 0 Å². The molecular weight excluding hydrogens is 166 g/mol. The molecule has 0 aliphatic heterocycles. The van der Waals surface area contributed by atoms with Crippen LogP contribution in [0.15, 0.2) is 17.5 Å². The highest BCUT2D eigenvalue weighted by Gasteiger charge is 2.14. The van der Waals surface area contributed by atoms with Crippen LogP contribution in [-0.4, -0.2) is 6.04 Å². The zero-order valence-electron chi connectivity index (χ0n) is 7.21. The van der Waals surface area contributed by atoms with E-state index in [4.69, 9.17) is 5.73 Å². The average molecular weight is 179 g/mol. The van der Waals surface area contributed by atoms with E-state index in [0.29, 0.717) is 6.04 Å². The van der Waals surface area contributed by atoms with Crippen molar-refractivity contribution in [2.45, 2.75) is 25.8 Å². The van der Waals surface area contributed by atoms with E-state index in [1.165, 1.54) is 16.0 Å². The third-order valence-electron chi connectivity index (χ3n) is 2.37. The molecule has 0 fully saturated rings. The lowest BCUT2D eigenvalue weighted by molar-refractivity contribution is 0.782. The van der Waals surface area contributed by atoms with Gasteiger partial charge in [0, 0.05) is 10.9 Å². The van der Waals surface area contributed by atoms with Crippen LogP contribution in [0.1, 0.15) is 23.3 Å². The van der Waals surface area contributed by atoms with Gasteiger partial charge in [-0.15, -0.1) is 11.3 Å². The van der Waals surface area contributed by atoms with Crippen molar-refractivity contribution in [3.8, 4) is 0 Å². The Hall–Kier alpha value is -0.600. The molecule has 1 aromatic heterocycles. The number of rotatable bonds is 1. The van der Waals surface area contributed by atoms with Crippen molar-refractivity contribution < 1.29 is 0 Å². The van der Waals surface area contributed by atoms with E-state index in [9.17, 15) is 0 Å². The summed E-state index contributed by atoms with van der Waals surface area (Å²) in [5, 5.41) is 2.15. The van der Waals surface area contributed by atoms with Crippen molar-refractivity contribution in [1.29, 1.82) is 0 Å². The lowest BCUT2D eigenvalue weighted by atomic mass is 10.1. The van der Waals surface area contributed by atoms with E-state index in [1.54, 1.807) is 0 Å². The summed E-state index contributed by atoms with van der Waals surface area (Å²) >= 11 is 1.81. The van der Waals surface area contributed by atoms with Gasteiger partial charge in [-0.05, 0) is 42.3 Å². The molecule has 0 bridgehead atoms. The monoisotopic (exact) mass is 179 g/mol. The molecule has 0 saturated carbocycles. The maximum Gasteiger partial charge on any atom is 0.0232 e. The minimum atomic E-state index is 0.291. The zero-order chi connectivity index (χ0) is 8.55. The number of hydrogen-bond donors (Lipinski definition) is 1. The van der Waals surface area contributed by atoms with Crippen LogP contribution in [-0.2, 0) is 0 Å². The molecule has 0 spiro atoms. The molecule has 0 radical (unpaired) electrons. The van der Waals surface area contributed by atoms with E-state index in [1.807, 2.05) is 11.3 Å². The van der Waals surface area contributed by atoms with E-state index in [-0.39, 0.29) is 0 Å². The fraction of sp³-hybridized carbons (Fsp3) is 0.400. The average Bonchev–Trinajstić information content (AvgIpc) is 2.58. The molecule has 1 aromatic rings. The fourth-order valence-electron chi connectivity index (χ4n) is 1.69. The van der Waals surface area contributed by atoms with Crippen molar-refractivity contribution in [2.75, 3.05) is 0 Å². The van der Waals surface area contributed by atoms with E-state index in [0.717, 1.165) is 12.8 Å². The third kappa shape index (κ3) is 1.32. The molecule has 0 aromatic carbocycles. The number of nitrogens with two attached hydrogens (primary N) is 1. The first-order chi connectivity index (χ1) is 5.77. The maximum absolute atomic E-state index is 5.81. The van der Waals surface area contributed by atoms with Gasteiger partial charge in [0.1, 0.15) is 0 Å². The lowest BCUT2D eigenvalue weighted by Crippen LogP contribution is -2.11. The Morgan fingerprint density at radius 3 is 2.92 bits per heavy atom. The van der Waals surface area contributed by atoms with Gasteiger partial charge in [0.05, 0.1) is 0 Å². The van der Waals surface area contributed by atoms with E-state index >= 15 is 0 Å². The highest BCUT2D eigenvalue weighted by atomic mass is 32.1. The molecule has 2 heteroatoms. The highest BCUT2D eigenvalue weighted by molar-refractivity contribution is 7.10. The first kappa shape index (κ1) is 8.02. The third-order valence-corrected chi connectivity index (χ3v) is 3.21. The number of hydrogen-bond acceptors (Lipinski definition) is 2. The topological polar surface area (TPSA) is 26.0 Å². The summed E-state index contributed by atoms with van der Waals surface area (Å²) in [5.74, 6) is 0. The predicted molar refractivity (Wildman–Crippen MR) is 54.2 cm³/mol. The Bertz CT molecular complexity index is 311. The molecule has 1 aliphatic carbocycles. The molecule has 12 heavy (non-hydrogen) atoms. The fourth-order valence-corrected chi connectivity index (χ4v) is 2.42. The molecule has 64 valence electrons. The standard InChI is InChI=1S/C10H13NS/c1-7-10(4-5-12-7)8-2-3-9(11)6-8/h4-6,9H,2-3,11H2,1H3. The van der Waals surface area contributed by atoms with Gasteiger partial charge in [-0.25, -0.2) is 0 Å². The second-order valence-electron chi connectivity index (χ2n) is 3.28. The molecule has 1 unspecified atom stereocenters. The Balaban J connectivity index is 2.32. The molecule has 0 saturated heterocycles. The number of thiophene rings is 1. The summed E-state index contributed by atoms with van der Waals surface area (Å²) in [7, 11) is 0. The highest BCUT2D eigenvalue weighted by Crippen LogP contribution is 2.31. The minimum absolute atomic E-state index is 0.291. The van der Waals surface area contributed by atoms with Crippen molar-refractivity contribution in [2.24, 2.45) is 5.73 Å². The smallest absolute Gasteiger partial charge is 0.0232 e. The summed E-state index contributed by atoms with van der Waals surface area (Å²) in [6.07, 6.45) is 4.47. The second kappa shape index (κ2) is 3.04. The van der Waals surface area contributed by atoms with Gasteiger partial charge in [-0.3, -0.25) is 0 Å². The molecule has 1 aliphatic rings. The summed E-state index contributed by atoms with van der Waals surface area (Å²) in [6.45, 7) is 2.17. The van der Waals surface area contributed by atoms with Crippen LogP contribution >= 0.6 is 11.3 Å². The van der Waals surface area contributed by atoms with Crippen LogP contribution in [0.25, 0.3) is 5.57 Å². The van der Waals surface area contributed by atoms with Crippen LogP contribution in [0, 0.1) is 6.92 Å². The molecule has 1 nitrogen and oxygen atoms in total. The van der Waals surface area contributed by atoms with Crippen LogP contribution in [0.3, 0.4) is 0 Å². The zero-order valence-corrected chi connectivity index (χ0v) is 8.03. The van der Waals surface area contributed by atoms with Crippen LogP contribution in [0.4, 0.5) is 0 Å². The van der Waals surface area contributed by atoms with Crippen LogP contribution < -0.4 is 5.73 Å². The Labute approximate surface area is 76.9 Å². The normalized spacial score (nSPS) is 22.8. The molecule has 0 amide bonds. The summed E-state index contributed by atoms with van der Waals surface area (Å²) < 4.78 is 0. The van der Waals surface area contributed by atoms with Crippen LogP contribution in [0.2, 0.25) is 0 Å². The number of aryl methyl sites for hydroxylation is 1. The SMILES string of the molecule is Cc1sccc1C1=CC(N)CC1. The quantitative estimate of drug-likeness (QED) is 0.704. The molecular formula is C10H13NS. The maximum atomic E-state index is 5.81. The van der Waals surface area contributed by atoms with Gasteiger partial charge in [0.25, 0.3) is 0 Å².